The van der Waals surface area contributed by atoms with E-state index >= 15 is 0 Å². The van der Waals surface area contributed by atoms with Gasteiger partial charge in [-0.15, -0.1) is 11.8 Å². The zero-order valence-corrected chi connectivity index (χ0v) is 12.4. The van der Waals surface area contributed by atoms with Crippen molar-refractivity contribution in [3.63, 3.8) is 0 Å². The van der Waals surface area contributed by atoms with Crippen LogP contribution < -0.4 is 5.32 Å². The Kier molecular flexibility index (Phi) is 5.11. The van der Waals surface area contributed by atoms with Crippen molar-refractivity contribution in [3.05, 3.63) is 35.4 Å². The van der Waals surface area contributed by atoms with E-state index in [1.807, 2.05) is 31.2 Å². The van der Waals surface area contributed by atoms with Crippen molar-refractivity contribution in [2.45, 2.75) is 31.1 Å². The van der Waals surface area contributed by atoms with Crippen LogP contribution in [0.5, 0.6) is 0 Å². The molecule has 1 aliphatic heterocycles. The van der Waals surface area contributed by atoms with Gasteiger partial charge in [0.1, 0.15) is 6.61 Å². The number of carbonyl (C=O) groups is 1. The summed E-state index contributed by atoms with van der Waals surface area (Å²) in [5, 5.41) is 11.8. The summed E-state index contributed by atoms with van der Waals surface area (Å²) in [6.07, 6.45) is 2.04. The van der Waals surface area contributed by atoms with Crippen LogP contribution in [0.3, 0.4) is 0 Å². The number of aliphatic hydroxyl groups is 1. The summed E-state index contributed by atoms with van der Waals surface area (Å²) in [6.45, 7) is 2.33. The molecule has 1 saturated heterocycles. The summed E-state index contributed by atoms with van der Waals surface area (Å²) in [5.74, 6) is 6.71. The smallest absolute Gasteiger partial charge is 0.236 e. The average Bonchev–Trinajstić information content (AvgIpc) is 2.91. The van der Waals surface area contributed by atoms with Crippen molar-refractivity contribution in [1.29, 1.82) is 0 Å². The van der Waals surface area contributed by atoms with Crippen LogP contribution >= 0.6 is 11.8 Å². The Balaban J connectivity index is 2.02. The van der Waals surface area contributed by atoms with E-state index in [1.54, 1.807) is 11.8 Å². The fourth-order valence-corrected chi connectivity index (χ4v) is 3.48. The molecule has 0 aromatic heterocycles. The van der Waals surface area contributed by atoms with E-state index in [9.17, 15) is 4.79 Å². The standard InChI is InChI=1S/C16H19NO2S/c1-16(9-5-11-20-16)15(19)17-12-14-7-3-2-6-13(14)8-4-10-18/h2-3,6-7,18H,5,9-12H2,1H3,(H,17,19). The summed E-state index contributed by atoms with van der Waals surface area (Å²) in [4.78, 5) is 12.3. The second-order valence-corrected chi connectivity index (χ2v) is 6.58. The molecule has 0 aliphatic carbocycles. The van der Waals surface area contributed by atoms with Crippen LogP contribution in [-0.4, -0.2) is 28.1 Å². The van der Waals surface area contributed by atoms with Crippen LogP contribution in [0, 0.1) is 11.8 Å². The van der Waals surface area contributed by atoms with Gasteiger partial charge in [-0.05, 0) is 37.1 Å². The van der Waals surface area contributed by atoms with Crippen LogP contribution in [0.25, 0.3) is 0 Å². The molecule has 0 spiro atoms. The van der Waals surface area contributed by atoms with E-state index in [4.69, 9.17) is 5.11 Å². The Bertz CT molecular complexity index is 539. The number of hydrogen-bond acceptors (Lipinski definition) is 3. The van der Waals surface area contributed by atoms with Crippen molar-refractivity contribution < 1.29 is 9.90 Å². The molecule has 106 valence electrons. The van der Waals surface area contributed by atoms with Crippen LogP contribution in [0.4, 0.5) is 0 Å². The second-order valence-electron chi connectivity index (χ2n) is 4.98. The maximum Gasteiger partial charge on any atom is 0.236 e. The normalized spacial score (nSPS) is 21.1. The summed E-state index contributed by atoms with van der Waals surface area (Å²) in [7, 11) is 0. The minimum Gasteiger partial charge on any atom is -0.384 e. The van der Waals surface area contributed by atoms with E-state index in [0.29, 0.717) is 6.54 Å². The molecular weight excluding hydrogens is 270 g/mol. The van der Waals surface area contributed by atoms with Gasteiger partial charge >= 0.3 is 0 Å². The molecule has 1 atom stereocenters. The lowest BCUT2D eigenvalue weighted by Crippen LogP contribution is -2.39. The minimum absolute atomic E-state index is 0.102. The Morgan fingerprint density at radius 2 is 2.30 bits per heavy atom. The maximum absolute atomic E-state index is 12.3. The number of benzene rings is 1. The lowest BCUT2D eigenvalue weighted by Gasteiger charge is -2.21. The number of nitrogens with one attached hydrogen (secondary N) is 1. The molecule has 1 heterocycles. The highest BCUT2D eigenvalue weighted by Crippen LogP contribution is 2.37. The molecule has 1 fully saturated rings. The highest BCUT2D eigenvalue weighted by molar-refractivity contribution is 8.01. The van der Waals surface area contributed by atoms with Gasteiger partial charge in [0, 0.05) is 12.1 Å². The van der Waals surface area contributed by atoms with Crippen LogP contribution in [0.1, 0.15) is 30.9 Å². The van der Waals surface area contributed by atoms with Gasteiger partial charge in [0.05, 0.1) is 4.75 Å². The van der Waals surface area contributed by atoms with Gasteiger partial charge in [0.15, 0.2) is 0 Å². The average molecular weight is 289 g/mol. The van der Waals surface area contributed by atoms with Crippen molar-refractivity contribution >= 4 is 17.7 Å². The molecule has 1 aliphatic rings. The number of rotatable bonds is 3. The lowest BCUT2D eigenvalue weighted by molar-refractivity contribution is -0.123. The molecule has 0 bridgehead atoms. The third-order valence-electron chi connectivity index (χ3n) is 3.46. The fraction of sp³-hybridized carbons (Fsp3) is 0.438. The molecule has 0 radical (unpaired) electrons. The van der Waals surface area contributed by atoms with Gasteiger partial charge in [-0.25, -0.2) is 0 Å². The van der Waals surface area contributed by atoms with E-state index in [0.717, 1.165) is 29.7 Å². The second kappa shape index (κ2) is 6.83. The molecular formula is C16H19NO2S. The molecule has 20 heavy (non-hydrogen) atoms. The first-order chi connectivity index (χ1) is 9.65. The van der Waals surface area contributed by atoms with Crippen molar-refractivity contribution in [2.24, 2.45) is 0 Å². The van der Waals surface area contributed by atoms with Crippen molar-refractivity contribution in [1.82, 2.24) is 5.32 Å². The van der Waals surface area contributed by atoms with Crippen molar-refractivity contribution in [2.75, 3.05) is 12.4 Å². The largest absolute Gasteiger partial charge is 0.384 e. The number of aliphatic hydroxyl groups excluding tert-OH is 1. The third-order valence-corrected chi connectivity index (χ3v) is 4.98. The molecule has 1 unspecified atom stereocenters. The first-order valence-electron chi connectivity index (χ1n) is 6.75. The summed E-state index contributed by atoms with van der Waals surface area (Å²) in [6, 6.07) is 7.68. The minimum atomic E-state index is -0.286. The molecule has 2 rings (SSSR count). The molecule has 1 amide bonds. The highest BCUT2D eigenvalue weighted by atomic mass is 32.2. The molecule has 1 aromatic carbocycles. The van der Waals surface area contributed by atoms with Gasteiger partial charge in [0.2, 0.25) is 5.91 Å². The molecule has 1 aromatic rings. The number of thioether (sulfide) groups is 1. The Labute approximate surface area is 124 Å². The maximum atomic E-state index is 12.3. The van der Waals surface area contributed by atoms with Gasteiger partial charge in [-0.3, -0.25) is 4.79 Å². The predicted octanol–water partition coefficient (Wildman–Crippen LogP) is 1.93. The topological polar surface area (TPSA) is 49.3 Å². The van der Waals surface area contributed by atoms with E-state index in [1.165, 1.54) is 0 Å². The fourth-order valence-electron chi connectivity index (χ4n) is 2.25. The molecule has 0 saturated carbocycles. The predicted molar refractivity (Wildman–Crippen MR) is 82.3 cm³/mol. The van der Waals surface area contributed by atoms with Gasteiger partial charge in [-0.1, -0.05) is 30.0 Å². The Morgan fingerprint density at radius 3 is 3.00 bits per heavy atom. The van der Waals surface area contributed by atoms with Crippen LogP contribution in [-0.2, 0) is 11.3 Å². The number of hydrogen-bond donors (Lipinski definition) is 2. The zero-order chi connectivity index (χ0) is 14.4. The van der Waals surface area contributed by atoms with Crippen molar-refractivity contribution in [3.8, 4) is 11.8 Å². The number of carbonyl (C=O) groups excluding carboxylic acids is 1. The Morgan fingerprint density at radius 1 is 1.50 bits per heavy atom. The Hall–Kier alpha value is -1.44. The third kappa shape index (κ3) is 3.56. The summed E-state index contributed by atoms with van der Waals surface area (Å²) >= 11 is 1.73. The van der Waals surface area contributed by atoms with E-state index < -0.39 is 0 Å². The monoisotopic (exact) mass is 289 g/mol. The SMILES string of the molecule is CC1(C(=O)NCc2ccccc2C#CCO)CCCS1. The molecule has 2 N–H and O–H groups in total. The van der Waals surface area contributed by atoms with Gasteiger partial charge in [0.25, 0.3) is 0 Å². The van der Waals surface area contributed by atoms with Crippen LogP contribution in [0.15, 0.2) is 24.3 Å². The quantitative estimate of drug-likeness (QED) is 0.836. The van der Waals surface area contributed by atoms with Gasteiger partial charge < -0.3 is 10.4 Å². The first-order valence-corrected chi connectivity index (χ1v) is 7.74. The first kappa shape index (κ1) is 15.0. The van der Waals surface area contributed by atoms with Gasteiger partial charge in [-0.2, -0.15) is 0 Å². The molecule has 4 heteroatoms. The summed E-state index contributed by atoms with van der Waals surface area (Å²) in [5.41, 5.74) is 1.83. The van der Waals surface area contributed by atoms with E-state index in [2.05, 4.69) is 17.2 Å². The van der Waals surface area contributed by atoms with E-state index in [-0.39, 0.29) is 17.3 Å². The summed E-state index contributed by atoms with van der Waals surface area (Å²) < 4.78 is -0.286. The lowest BCUT2D eigenvalue weighted by atomic mass is 10.0. The zero-order valence-electron chi connectivity index (χ0n) is 11.6. The van der Waals surface area contributed by atoms with Crippen LogP contribution in [0.2, 0.25) is 0 Å². The highest BCUT2D eigenvalue weighted by Gasteiger charge is 2.36. The number of amides is 1. The molecule has 3 nitrogen and oxygen atoms in total.